The maximum Gasteiger partial charge on any atom is 0.288 e. The molecule has 0 saturated heterocycles. The Morgan fingerprint density at radius 1 is 1.40 bits per heavy atom. The molecule has 1 aliphatic carbocycles. The molecule has 20 heavy (non-hydrogen) atoms. The molecule has 2 unspecified atom stereocenters. The molecule has 1 aromatic carbocycles. The van der Waals surface area contributed by atoms with Crippen LogP contribution < -0.4 is 11.1 Å². The minimum absolute atomic E-state index is 0.0700. The molecule has 6 heteroatoms. The summed E-state index contributed by atoms with van der Waals surface area (Å²) in [6.07, 6.45) is 3.45. The fourth-order valence-corrected chi connectivity index (χ4v) is 3.02. The van der Waals surface area contributed by atoms with Gasteiger partial charge in [-0.2, -0.15) is 8.78 Å². The maximum atomic E-state index is 12.3. The number of halogens is 2. The molecule has 0 aliphatic heterocycles. The third kappa shape index (κ3) is 4.45. The van der Waals surface area contributed by atoms with E-state index in [1.807, 2.05) is 0 Å². The molecule has 3 N–H and O–H groups in total. The minimum Gasteiger partial charge on any atom is -0.328 e. The third-order valence-electron chi connectivity index (χ3n) is 3.41. The second-order valence-corrected chi connectivity index (χ2v) is 6.08. The van der Waals surface area contributed by atoms with Gasteiger partial charge in [-0.15, -0.1) is 0 Å². The quantitative estimate of drug-likeness (QED) is 0.837. The minimum atomic E-state index is -2.46. The van der Waals surface area contributed by atoms with Crippen LogP contribution in [0.1, 0.15) is 25.7 Å². The summed E-state index contributed by atoms with van der Waals surface area (Å²) < 4.78 is 24.6. The Hall–Kier alpha value is -1.14. The van der Waals surface area contributed by atoms with Gasteiger partial charge in [-0.05, 0) is 37.5 Å². The Labute approximate surface area is 121 Å². The van der Waals surface area contributed by atoms with Crippen LogP contribution in [0.15, 0.2) is 29.2 Å². The molecule has 0 spiro atoms. The third-order valence-corrected chi connectivity index (χ3v) is 4.12. The first-order chi connectivity index (χ1) is 9.54. The number of carbonyl (C=O) groups is 1. The highest BCUT2D eigenvalue weighted by Crippen LogP contribution is 2.28. The lowest BCUT2D eigenvalue weighted by atomic mass is 9.85. The first kappa shape index (κ1) is 15.3. The van der Waals surface area contributed by atoms with Crippen LogP contribution in [0, 0.1) is 5.92 Å². The second kappa shape index (κ2) is 7.04. The molecule has 0 aromatic heterocycles. The zero-order valence-electron chi connectivity index (χ0n) is 11.0. The summed E-state index contributed by atoms with van der Waals surface area (Å²) in [6.45, 7) is 0. The molecule has 2 atom stereocenters. The number of alkyl halides is 2. The standard InChI is InChI=1S/C14H18F2N2OS/c15-14(16)20-12-6-2-5-11(8-12)18-13(19)9-3-1-4-10(17)7-9/h2,5-6,8-10,14H,1,3-4,7,17H2,(H,18,19). The van der Waals surface area contributed by atoms with Gasteiger partial charge < -0.3 is 11.1 Å². The lowest BCUT2D eigenvalue weighted by Crippen LogP contribution is -2.34. The van der Waals surface area contributed by atoms with Crippen LogP contribution in [0.4, 0.5) is 14.5 Å². The summed E-state index contributed by atoms with van der Waals surface area (Å²) in [4.78, 5) is 12.6. The first-order valence-corrected chi connectivity index (χ1v) is 7.54. The summed E-state index contributed by atoms with van der Waals surface area (Å²) in [6, 6.07) is 6.61. The monoisotopic (exact) mass is 300 g/mol. The van der Waals surface area contributed by atoms with Crippen molar-refractivity contribution < 1.29 is 13.6 Å². The molecular formula is C14H18F2N2OS. The van der Waals surface area contributed by atoms with Gasteiger partial charge in [0.15, 0.2) is 0 Å². The Balaban J connectivity index is 1.96. The van der Waals surface area contributed by atoms with Crippen LogP contribution in [-0.4, -0.2) is 17.7 Å². The number of thioether (sulfide) groups is 1. The molecule has 1 saturated carbocycles. The van der Waals surface area contributed by atoms with Gasteiger partial charge in [0.2, 0.25) is 5.91 Å². The largest absolute Gasteiger partial charge is 0.328 e. The molecule has 0 radical (unpaired) electrons. The number of nitrogens with one attached hydrogen (secondary N) is 1. The molecule has 3 nitrogen and oxygen atoms in total. The molecule has 1 fully saturated rings. The number of hydrogen-bond donors (Lipinski definition) is 2. The number of nitrogens with two attached hydrogens (primary N) is 1. The van der Waals surface area contributed by atoms with Gasteiger partial charge in [-0.3, -0.25) is 4.79 Å². The van der Waals surface area contributed by atoms with E-state index >= 15 is 0 Å². The van der Waals surface area contributed by atoms with E-state index in [4.69, 9.17) is 5.73 Å². The van der Waals surface area contributed by atoms with Crippen LogP contribution in [0.2, 0.25) is 0 Å². The second-order valence-electron chi connectivity index (χ2n) is 5.02. The van der Waals surface area contributed by atoms with Gasteiger partial charge in [0.1, 0.15) is 0 Å². The maximum absolute atomic E-state index is 12.3. The van der Waals surface area contributed by atoms with Crippen molar-refractivity contribution in [3.8, 4) is 0 Å². The highest BCUT2D eigenvalue weighted by Gasteiger charge is 2.25. The zero-order chi connectivity index (χ0) is 14.5. The summed E-state index contributed by atoms with van der Waals surface area (Å²) in [5, 5.41) is 2.79. The van der Waals surface area contributed by atoms with Crippen LogP contribution in [0.5, 0.6) is 0 Å². The van der Waals surface area contributed by atoms with Gasteiger partial charge in [-0.1, -0.05) is 24.2 Å². The lowest BCUT2D eigenvalue weighted by Gasteiger charge is -2.25. The summed E-state index contributed by atoms with van der Waals surface area (Å²) in [7, 11) is 0. The summed E-state index contributed by atoms with van der Waals surface area (Å²) >= 11 is 0.471. The van der Waals surface area contributed by atoms with Gasteiger partial charge in [0, 0.05) is 22.5 Å². The Bertz CT molecular complexity index is 470. The number of carbonyl (C=O) groups excluding carboxylic acids is 1. The molecular weight excluding hydrogens is 282 g/mol. The molecule has 1 aromatic rings. The van der Waals surface area contributed by atoms with Crippen molar-refractivity contribution in [3.05, 3.63) is 24.3 Å². The fraction of sp³-hybridized carbons (Fsp3) is 0.500. The Morgan fingerprint density at radius 2 is 2.20 bits per heavy atom. The average Bonchev–Trinajstić information content (AvgIpc) is 2.38. The predicted octanol–water partition coefficient (Wildman–Crippen LogP) is 3.46. The van der Waals surface area contributed by atoms with E-state index < -0.39 is 5.76 Å². The number of anilines is 1. The van der Waals surface area contributed by atoms with Gasteiger partial charge in [0.25, 0.3) is 5.76 Å². The van der Waals surface area contributed by atoms with Gasteiger partial charge >= 0.3 is 0 Å². The lowest BCUT2D eigenvalue weighted by molar-refractivity contribution is -0.120. The van der Waals surface area contributed by atoms with Crippen molar-refractivity contribution >= 4 is 23.4 Å². The van der Waals surface area contributed by atoms with Gasteiger partial charge in [0.05, 0.1) is 0 Å². The zero-order valence-corrected chi connectivity index (χ0v) is 11.8. The number of rotatable bonds is 4. The van der Waals surface area contributed by atoms with Crippen molar-refractivity contribution in [1.29, 1.82) is 0 Å². The topological polar surface area (TPSA) is 55.1 Å². The summed E-state index contributed by atoms with van der Waals surface area (Å²) in [5.41, 5.74) is 6.42. The van der Waals surface area contributed by atoms with Crippen molar-refractivity contribution in [2.24, 2.45) is 11.7 Å². The SMILES string of the molecule is NC1CCCC(C(=O)Nc2cccc(SC(F)F)c2)C1. The molecule has 0 bridgehead atoms. The van der Waals surface area contributed by atoms with Crippen molar-refractivity contribution in [2.45, 2.75) is 42.4 Å². The van der Waals surface area contributed by atoms with E-state index in [2.05, 4.69) is 5.32 Å². The van der Waals surface area contributed by atoms with E-state index in [1.54, 1.807) is 24.3 Å². The molecule has 2 rings (SSSR count). The van der Waals surface area contributed by atoms with E-state index in [0.717, 1.165) is 19.3 Å². The number of hydrogen-bond acceptors (Lipinski definition) is 3. The van der Waals surface area contributed by atoms with Gasteiger partial charge in [-0.25, -0.2) is 0 Å². The van der Waals surface area contributed by atoms with E-state index in [1.165, 1.54) is 0 Å². The number of amides is 1. The normalized spacial score (nSPS) is 22.8. The first-order valence-electron chi connectivity index (χ1n) is 6.66. The fourth-order valence-electron chi connectivity index (χ4n) is 2.46. The van der Waals surface area contributed by atoms with E-state index in [9.17, 15) is 13.6 Å². The smallest absolute Gasteiger partial charge is 0.288 e. The van der Waals surface area contributed by atoms with Crippen LogP contribution in [0.25, 0.3) is 0 Å². The predicted molar refractivity (Wildman–Crippen MR) is 76.9 cm³/mol. The highest BCUT2D eigenvalue weighted by molar-refractivity contribution is 7.99. The Kier molecular flexibility index (Phi) is 5.37. The average molecular weight is 300 g/mol. The number of benzene rings is 1. The van der Waals surface area contributed by atoms with E-state index in [0.29, 0.717) is 28.8 Å². The highest BCUT2D eigenvalue weighted by atomic mass is 32.2. The van der Waals surface area contributed by atoms with Crippen molar-refractivity contribution in [3.63, 3.8) is 0 Å². The Morgan fingerprint density at radius 3 is 2.90 bits per heavy atom. The van der Waals surface area contributed by atoms with Crippen LogP contribution in [0.3, 0.4) is 0 Å². The van der Waals surface area contributed by atoms with Crippen LogP contribution >= 0.6 is 11.8 Å². The summed E-state index contributed by atoms with van der Waals surface area (Å²) in [5.74, 6) is -2.61. The van der Waals surface area contributed by atoms with Crippen LogP contribution in [-0.2, 0) is 4.79 Å². The molecule has 1 amide bonds. The van der Waals surface area contributed by atoms with Crippen molar-refractivity contribution in [1.82, 2.24) is 0 Å². The molecule has 0 heterocycles. The molecule has 110 valence electrons. The van der Waals surface area contributed by atoms with Crippen molar-refractivity contribution in [2.75, 3.05) is 5.32 Å². The van der Waals surface area contributed by atoms with E-state index in [-0.39, 0.29) is 17.9 Å². The molecule has 1 aliphatic rings.